The number of aliphatic carboxylic acids is 1. The number of hydrogen-bond donors (Lipinski definition) is 1. The van der Waals surface area contributed by atoms with Gasteiger partial charge < -0.3 is 10.0 Å². The van der Waals surface area contributed by atoms with Gasteiger partial charge in [0.15, 0.2) is 0 Å². The van der Waals surface area contributed by atoms with Gasteiger partial charge in [-0.15, -0.1) is 0 Å². The number of unbranched alkanes of at least 4 members (excludes halogenated alkanes) is 1. The van der Waals surface area contributed by atoms with Crippen molar-refractivity contribution in [1.82, 2.24) is 9.21 Å². The number of carbonyl (C=O) groups excluding carboxylic acids is 1. The van der Waals surface area contributed by atoms with E-state index in [4.69, 9.17) is 5.11 Å². The minimum atomic E-state index is -3.24. The van der Waals surface area contributed by atoms with Crippen molar-refractivity contribution in [3.63, 3.8) is 0 Å². The van der Waals surface area contributed by atoms with Gasteiger partial charge in [0.2, 0.25) is 15.9 Å². The highest BCUT2D eigenvalue weighted by molar-refractivity contribution is 7.89. The van der Waals surface area contributed by atoms with Crippen molar-refractivity contribution in [3.8, 4) is 0 Å². The van der Waals surface area contributed by atoms with Gasteiger partial charge in [-0.2, -0.15) is 0 Å². The van der Waals surface area contributed by atoms with Gasteiger partial charge in [0.25, 0.3) is 0 Å². The van der Waals surface area contributed by atoms with Crippen LogP contribution in [-0.2, 0) is 19.6 Å². The Labute approximate surface area is 138 Å². The summed E-state index contributed by atoms with van der Waals surface area (Å²) in [4.78, 5) is 24.8. The van der Waals surface area contributed by atoms with E-state index >= 15 is 0 Å². The number of hydrogen-bond acceptors (Lipinski definition) is 4. The first-order valence-corrected chi connectivity index (χ1v) is 9.80. The largest absolute Gasteiger partial charge is 0.480 e. The lowest BCUT2D eigenvalue weighted by atomic mass is 9.96. The average Bonchev–Trinajstić information content (AvgIpc) is 2.49. The van der Waals surface area contributed by atoms with Crippen molar-refractivity contribution in [2.24, 2.45) is 5.92 Å². The predicted molar refractivity (Wildman–Crippen MR) is 87.5 cm³/mol. The smallest absolute Gasteiger partial charge is 0.323 e. The van der Waals surface area contributed by atoms with E-state index in [2.05, 4.69) is 0 Å². The van der Waals surface area contributed by atoms with Crippen molar-refractivity contribution in [2.45, 2.75) is 52.5 Å². The van der Waals surface area contributed by atoms with Crippen LogP contribution >= 0.6 is 0 Å². The van der Waals surface area contributed by atoms with Crippen LogP contribution in [0.4, 0.5) is 0 Å². The Morgan fingerprint density at radius 2 is 1.83 bits per heavy atom. The van der Waals surface area contributed by atoms with Crippen LogP contribution in [0.25, 0.3) is 0 Å². The number of sulfonamides is 1. The first-order chi connectivity index (χ1) is 10.7. The fraction of sp³-hybridized carbons (Fsp3) is 0.867. The second kappa shape index (κ2) is 8.63. The molecule has 0 radical (unpaired) electrons. The Morgan fingerprint density at radius 1 is 1.26 bits per heavy atom. The molecule has 1 aliphatic rings. The maximum atomic E-state index is 12.5. The molecule has 0 spiro atoms. The van der Waals surface area contributed by atoms with Gasteiger partial charge in [-0.05, 0) is 33.1 Å². The van der Waals surface area contributed by atoms with E-state index in [9.17, 15) is 18.0 Å². The highest BCUT2D eigenvalue weighted by atomic mass is 32.2. The summed E-state index contributed by atoms with van der Waals surface area (Å²) in [5.74, 6) is -1.37. The Balaban J connectivity index is 2.64. The summed E-state index contributed by atoms with van der Waals surface area (Å²) in [5.41, 5.74) is 0. The number of carbonyl (C=O) groups is 2. The van der Waals surface area contributed by atoms with Crippen LogP contribution in [0.2, 0.25) is 0 Å². The van der Waals surface area contributed by atoms with Crippen LogP contribution in [0.5, 0.6) is 0 Å². The molecule has 0 aromatic heterocycles. The fourth-order valence-electron chi connectivity index (χ4n) is 2.73. The summed E-state index contributed by atoms with van der Waals surface area (Å²) in [6.07, 6.45) is 2.37. The first kappa shape index (κ1) is 19.9. The second-order valence-corrected chi connectivity index (χ2v) is 8.38. The van der Waals surface area contributed by atoms with Crippen LogP contribution in [-0.4, -0.2) is 66.0 Å². The van der Waals surface area contributed by atoms with Crippen molar-refractivity contribution in [2.75, 3.05) is 25.4 Å². The highest BCUT2D eigenvalue weighted by Crippen LogP contribution is 2.23. The van der Waals surface area contributed by atoms with Crippen LogP contribution in [0.1, 0.15) is 46.5 Å². The molecule has 0 bridgehead atoms. The van der Waals surface area contributed by atoms with Gasteiger partial charge in [-0.1, -0.05) is 13.3 Å². The molecule has 8 heteroatoms. The molecule has 1 aliphatic heterocycles. The molecule has 0 atom stereocenters. The predicted octanol–water partition coefficient (Wildman–Crippen LogP) is 1.15. The zero-order valence-corrected chi connectivity index (χ0v) is 15.0. The Hall–Kier alpha value is -1.15. The van der Waals surface area contributed by atoms with Crippen LogP contribution < -0.4 is 0 Å². The van der Waals surface area contributed by atoms with E-state index in [-0.39, 0.29) is 30.2 Å². The third kappa shape index (κ3) is 5.76. The van der Waals surface area contributed by atoms with E-state index < -0.39 is 16.0 Å². The summed E-state index contributed by atoms with van der Waals surface area (Å²) < 4.78 is 25.8. The van der Waals surface area contributed by atoms with E-state index in [1.807, 2.05) is 6.92 Å². The summed E-state index contributed by atoms with van der Waals surface area (Å²) in [6, 6.07) is -0.190. The van der Waals surface area contributed by atoms with Gasteiger partial charge >= 0.3 is 5.97 Å². The molecule has 134 valence electrons. The molecule has 1 rings (SSSR count). The molecule has 7 nitrogen and oxygen atoms in total. The Kier molecular flexibility index (Phi) is 7.47. The van der Waals surface area contributed by atoms with E-state index in [1.165, 1.54) is 9.21 Å². The molecule has 1 saturated heterocycles. The number of carboxylic acid groups (broad SMARTS) is 1. The standard InChI is InChI=1S/C15H28N2O5S/c1-4-5-10-23(21,22)16-8-6-13(7-9-16)15(20)17(12(2)3)11-14(18)19/h12-13H,4-11H2,1-3H3,(H,18,19). The van der Waals surface area contributed by atoms with E-state index in [0.29, 0.717) is 32.4 Å². The topological polar surface area (TPSA) is 95.0 Å². The van der Waals surface area contributed by atoms with Crippen LogP contribution in [0.3, 0.4) is 0 Å². The number of piperidine rings is 1. The quantitative estimate of drug-likeness (QED) is 0.710. The maximum absolute atomic E-state index is 12.5. The lowest BCUT2D eigenvalue weighted by Crippen LogP contribution is -2.48. The third-order valence-corrected chi connectivity index (χ3v) is 6.12. The van der Waals surface area contributed by atoms with Gasteiger partial charge in [-0.3, -0.25) is 9.59 Å². The molecule has 0 aromatic rings. The minimum absolute atomic E-state index is 0.152. The number of nitrogens with zero attached hydrogens (tertiary/aromatic N) is 2. The molecule has 1 heterocycles. The second-order valence-electron chi connectivity index (χ2n) is 6.30. The van der Waals surface area contributed by atoms with Gasteiger partial charge in [-0.25, -0.2) is 12.7 Å². The number of rotatable bonds is 8. The molecule has 0 saturated carbocycles. The zero-order valence-electron chi connectivity index (χ0n) is 14.2. The normalized spacial score (nSPS) is 17.4. The van der Waals surface area contributed by atoms with Crippen molar-refractivity contribution < 1.29 is 23.1 Å². The van der Waals surface area contributed by atoms with Gasteiger partial charge in [0.05, 0.1) is 5.75 Å². The zero-order chi connectivity index (χ0) is 17.6. The van der Waals surface area contributed by atoms with E-state index in [0.717, 1.165) is 6.42 Å². The van der Waals surface area contributed by atoms with Gasteiger partial charge in [0.1, 0.15) is 6.54 Å². The Morgan fingerprint density at radius 3 is 2.26 bits per heavy atom. The summed E-state index contributed by atoms with van der Waals surface area (Å²) in [6.45, 7) is 5.87. The molecular weight excluding hydrogens is 320 g/mol. The Bertz CT molecular complexity index is 510. The molecule has 1 fully saturated rings. The molecular formula is C15H28N2O5S. The number of amides is 1. The third-order valence-electron chi connectivity index (χ3n) is 4.16. The monoisotopic (exact) mass is 348 g/mol. The maximum Gasteiger partial charge on any atom is 0.323 e. The number of carboxylic acids is 1. The lowest BCUT2D eigenvalue weighted by Gasteiger charge is -2.34. The van der Waals surface area contributed by atoms with Crippen molar-refractivity contribution in [1.29, 1.82) is 0 Å². The van der Waals surface area contributed by atoms with Crippen LogP contribution in [0, 0.1) is 5.92 Å². The molecule has 1 N–H and O–H groups in total. The summed E-state index contributed by atoms with van der Waals surface area (Å²) in [7, 11) is -3.24. The van der Waals surface area contributed by atoms with Crippen molar-refractivity contribution in [3.05, 3.63) is 0 Å². The molecule has 1 amide bonds. The summed E-state index contributed by atoms with van der Waals surface area (Å²) in [5, 5.41) is 8.93. The SMILES string of the molecule is CCCCS(=O)(=O)N1CCC(C(=O)N(CC(=O)O)C(C)C)CC1. The van der Waals surface area contributed by atoms with Gasteiger partial charge in [0, 0.05) is 25.0 Å². The van der Waals surface area contributed by atoms with Crippen LogP contribution in [0.15, 0.2) is 0 Å². The first-order valence-electron chi connectivity index (χ1n) is 8.19. The van der Waals surface area contributed by atoms with E-state index in [1.54, 1.807) is 13.8 Å². The fourth-order valence-corrected chi connectivity index (χ4v) is 4.41. The molecule has 0 aromatic carbocycles. The lowest BCUT2D eigenvalue weighted by molar-refractivity contribution is -0.148. The molecule has 0 aliphatic carbocycles. The highest BCUT2D eigenvalue weighted by Gasteiger charge is 2.33. The average molecular weight is 348 g/mol. The summed E-state index contributed by atoms with van der Waals surface area (Å²) >= 11 is 0. The van der Waals surface area contributed by atoms with Crippen molar-refractivity contribution >= 4 is 21.9 Å². The minimum Gasteiger partial charge on any atom is -0.480 e. The molecule has 0 unspecified atom stereocenters. The molecule has 23 heavy (non-hydrogen) atoms.